The van der Waals surface area contributed by atoms with Crippen LogP contribution in [0, 0.1) is 6.92 Å². The molecular weight excluding hydrogens is 441 g/mol. The van der Waals surface area contributed by atoms with E-state index in [0.29, 0.717) is 15.1 Å². The van der Waals surface area contributed by atoms with Crippen molar-refractivity contribution in [2.75, 3.05) is 37.6 Å². The molecule has 0 atom stereocenters. The van der Waals surface area contributed by atoms with Crippen LogP contribution in [-0.2, 0) is 0 Å². The van der Waals surface area contributed by atoms with Crippen molar-refractivity contribution in [3.05, 3.63) is 75.1 Å². The quantitative estimate of drug-likeness (QED) is 0.511. The van der Waals surface area contributed by atoms with Gasteiger partial charge in [0.25, 0.3) is 0 Å². The molecule has 1 saturated heterocycles. The summed E-state index contributed by atoms with van der Waals surface area (Å²) in [6.07, 6.45) is 7.81. The summed E-state index contributed by atoms with van der Waals surface area (Å²) in [6.45, 7) is 6.81. The Balaban J connectivity index is 1.33. The molecule has 1 fully saturated rings. The van der Waals surface area contributed by atoms with Gasteiger partial charge in [0.2, 0.25) is 0 Å². The Morgan fingerprint density at radius 2 is 1.67 bits per heavy atom. The van der Waals surface area contributed by atoms with Crippen LogP contribution in [0.1, 0.15) is 11.3 Å². The van der Waals surface area contributed by atoms with Crippen molar-refractivity contribution < 1.29 is 0 Å². The molecule has 0 unspecified atom stereocenters. The fourth-order valence-electron chi connectivity index (χ4n) is 3.55. The highest BCUT2D eigenvalue weighted by molar-refractivity contribution is 6.35. The fraction of sp³-hybridized carbons (Fsp3) is 0.273. The summed E-state index contributed by atoms with van der Waals surface area (Å²) in [5.41, 5.74) is 3.21. The SMILES string of the molecule is Cc1c(C=CCN2CCN(c3cc(Cl)cc(Cl)c3)CC2)cnn1-c1ccc(Cl)cn1. The maximum atomic E-state index is 6.14. The number of anilines is 1. The van der Waals surface area contributed by atoms with Gasteiger partial charge in [-0.1, -0.05) is 47.0 Å². The van der Waals surface area contributed by atoms with Gasteiger partial charge in [0, 0.05) is 60.2 Å². The standard InChI is InChI=1S/C22H22Cl3N5/c1-16-17(14-27-30(16)22-5-4-18(23)15-26-22)3-2-6-28-7-9-29(10-8-28)21-12-19(24)11-20(25)13-21/h2-5,11-15H,6-10H2,1H3. The van der Waals surface area contributed by atoms with Crippen LogP contribution in [0.2, 0.25) is 15.1 Å². The van der Waals surface area contributed by atoms with Crippen LogP contribution in [0.3, 0.4) is 0 Å². The van der Waals surface area contributed by atoms with E-state index in [4.69, 9.17) is 34.8 Å². The van der Waals surface area contributed by atoms with Crippen LogP contribution in [0.4, 0.5) is 5.69 Å². The lowest BCUT2D eigenvalue weighted by molar-refractivity contribution is 0.284. The number of hydrogen-bond donors (Lipinski definition) is 0. The maximum Gasteiger partial charge on any atom is 0.153 e. The summed E-state index contributed by atoms with van der Waals surface area (Å²) >= 11 is 18.2. The topological polar surface area (TPSA) is 37.2 Å². The van der Waals surface area contributed by atoms with Crippen molar-refractivity contribution in [3.8, 4) is 5.82 Å². The van der Waals surface area contributed by atoms with Crippen LogP contribution in [0.5, 0.6) is 0 Å². The highest BCUT2D eigenvalue weighted by Crippen LogP contribution is 2.26. The van der Waals surface area contributed by atoms with Crippen molar-refractivity contribution >= 4 is 46.6 Å². The molecule has 0 spiro atoms. The fourth-order valence-corrected chi connectivity index (χ4v) is 4.18. The van der Waals surface area contributed by atoms with Gasteiger partial charge in [-0.2, -0.15) is 5.10 Å². The minimum absolute atomic E-state index is 0.613. The first-order valence-electron chi connectivity index (χ1n) is 9.76. The minimum atomic E-state index is 0.613. The third kappa shape index (κ3) is 4.98. The molecule has 0 amide bonds. The molecule has 156 valence electrons. The van der Waals surface area contributed by atoms with Crippen LogP contribution >= 0.6 is 34.8 Å². The number of halogens is 3. The lowest BCUT2D eigenvalue weighted by atomic mass is 10.2. The van der Waals surface area contributed by atoms with E-state index >= 15 is 0 Å². The summed E-state index contributed by atoms with van der Waals surface area (Å²) in [6, 6.07) is 9.39. The molecule has 30 heavy (non-hydrogen) atoms. The van der Waals surface area contributed by atoms with E-state index in [1.165, 1.54) is 0 Å². The molecule has 0 radical (unpaired) electrons. The average molecular weight is 463 g/mol. The molecule has 2 aromatic heterocycles. The number of rotatable bonds is 5. The summed E-state index contributed by atoms with van der Waals surface area (Å²) in [4.78, 5) is 9.09. The van der Waals surface area contributed by atoms with Gasteiger partial charge in [-0.05, 0) is 37.3 Å². The summed E-state index contributed by atoms with van der Waals surface area (Å²) < 4.78 is 1.82. The van der Waals surface area contributed by atoms with Gasteiger partial charge < -0.3 is 4.90 Å². The predicted octanol–water partition coefficient (Wildman–Crippen LogP) is 5.37. The van der Waals surface area contributed by atoms with Gasteiger partial charge in [-0.15, -0.1) is 0 Å². The predicted molar refractivity (Wildman–Crippen MR) is 125 cm³/mol. The van der Waals surface area contributed by atoms with Crippen molar-refractivity contribution in [2.24, 2.45) is 0 Å². The Morgan fingerprint density at radius 1 is 0.933 bits per heavy atom. The number of pyridine rings is 1. The molecule has 8 heteroatoms. The van der Waals surface area contributed by atoms with Crippen LogP contribution in [0.15, 0.2) is 48.8 Å². The molecule has 3 aromatic rings. The normalized spacial score (nSPS) is 15.3. The van der Waals surface area contributed by atoms with E-state index < -0.39 is 0 Å². The van der Waals surface area contributed by atoms with Gasteiger partial charge in [0.15, 0.2) is 5.82 Å². The highest BCUT2D eigenvalue weighted by Gasteiger charge is 2.17. The molecule has 0 saturated carbocycles. The lowest BCUT2D eigenvalue weighted by Gasteiger charge is -2.35. The van der Waals surface area contributed by atoms with Crippen molar-refractivity contribution in [2.45, 2.75) is 6.92 Å². The molecule has 1 aliphatic heterocycles. The van der Waals surface area contributed by atoms with Crippen molar-refractivity contribution in [3.63, 3.8) is 0 Å². The number of nitrogens with zero attached hydrogens (tertiary/aromatic N) is 5. The van der Waals surface area contributed by atoms with Gasteiger partial charge in [0.1, 0.15) is 0 Å². The third-order valence-corrected chi connectivity index (χ3v) is 5.88. The zero-order valence-corrected chi connectivity index (χ0v) is 18.9. The van der Waals surface area contributed by atoms with Gasteiger partial charge in [0.05, 0.1) is 16.9 Å². The first-order chi connectivity index (χ1) is 14.5. The Bertz CT molecular complexity index is 1020. The first kappa shape index (κ1) is 21.2. The number of piperazine rings is 1. The van der Waals surface area contributed by atoms with E-state index in [2.05, 4.69) is 32.0 Å². The largest absolute Gasteiger partial charge is 0.369 e. The van der Waals surface area contributed by atoms with Crippen molar-refractivity contribution in [1.29, 1.82) is 0 Å². The lowest BCUT2D eigenvalue weighted by Crippen LogP contribution is -2.46. The molecule has 1 aliphatic rings. The molecule has 0 bridgehead atoms. The highest BCUT2D eigenvalue weighted by atomic mass is 35.5. The van der Waals surface area contributed by atoms with Crippen LogP contribution < -0.4 is 4.90 Å². The van der Waals surface area contributed by atoms with E-state index in [0.717, 1.165) is 55.5 Å². The zero-order valence-electron chi connectivity index (χ0n) is 16.6. The smallest absolute Gasteiger partial charge is 0.153 e. The van der Waals surface area contributed by atoms with Crippen LogP contribution in [-0.4, -0.2) is 52.4 Å². The Kier molecular flexibility index (Phi) is 6.64. The van der Waals surface area contributed by atoms with Gasteiger partial charge >= 0.3 is 0 Å². The number of aromatic nitrogens is 3. The molecule has 4 rings (SSSR count). The number of hydrogen-bond acceptors (Lipinski definition) is 4. The first-order valence-corrected chi connectivity index (χ1v) is 10.9. The molecule has 0 aliphatic carbocycles. The Morgan fingerprint density at radius 3 is 2.33 bits per heavy atom. The summed E-state index contributed by atoms with van der Waals surface area (Å²) in [5.74, 6) is 0.758. The molecule has 1 aromatic carbocycles. The van der Waals surface area contributed by atoms with Gasteiger partial charge in [-0.3, -0.25) is 4.90 Å². The third-order valence-electron chi connectivity index (χ3n) is 5.22. The zero-order chi connectivity index (χ0) is 21.1. The molecular formula is C22H22Cl3N5. The second kappa shape index (κ2) is 9.40. The molecule has 3 heterocycles. The Hall–Kier alpha value is -2.05. The molecule has 0 N–H and O–H groups in total. The monoisotopic (exact) mass is 461 g/mol. The van der Waals surface area contributed by atoms with Crippen LogP contribution in [0.25, 0.3) is 11.9 Å². The summed E-state index contributed by atoms with van der Waals surface area (Å²) in [5, 5.41) is 6.42. The van der Waals surface area contributed by atoms with E-state index in [9.17, 15) is 0 Å². The van der Waals surface area contributed by atoms with E-state index in [1.54, 1.807) is 12.3 Å². The van der Waals surface area contributed by atoms with Gasteiger partial charge in [-0.25, -0.2) is 9.67 Å². The second-order valence-electron chi connectivity index (χ2n) is 7.25. The van der Waals surface area contributed by atoms with Crippen molar-refractivity contribution in [1.82, 2.24) is 19.7 Å². The summed E-state index contributed by atoms with van der Waals surface area (Å²) in [7, 11) is 0. The average Bonchev–Trinajstić information content (AvgIpc) is 3.09. The van der Waals surface area contributed by atoms with E-state index in [-0.39, 0.29) is 0 Å². The Labute approximate surface area is 191 Å². The minimum Gasteiger partial charge on any atom is -0.369 e. The molecule has 5 nitrogen and oxygen atoms in total. The van der Waals surface area contributed by atoms with E-state index in [1.807, 2.05) is 42.1 Å². The second-order valence-corrected chi connectivity index (χ2v) is 8.56. The number of benzene rings is 1. The maximum absolute atomic E-state index is 6.14.